The first kappa shape index (κ1) is 19.4. The van der Waals surface area contributed by atoms with Gasteiger partial charge in [-0.3, -0.25) is 9.36 Å². The normalized spacial score (nSPS) is 10.7. The first-order valence-corrected chi connectivity index (χ1v) is 9.66. The Morgan fingerprint density at radius 3 is 2.07 bits per heavy atom. The van der Waals surface area contributed by atoms with E-state index < -0.39 is 5.69 Å². The minimum Gasteiger partial charge on any atom is -0.329 e. The van der Waals surface area contributed by atoms with Crippen molar-refractivity contribution in [3.8, 4) is 0 Å². The van der Waals surface area contributed by atoms with Gasteiger partial charge in [-0.2, -0.15) is 4.98 Å². The number of carbonyl (C=O) groups excluding carboxylic acids is 1. The highest BCUT2D eigenvalue weighted by Crippen LogP contribution is 2.27. The lowest BCUT2D eigenvalue weighted by molar-refractivity contribution is -0.118. The number of benzene rings is 3. The zero-order chi connectivity index (χ0) is 21.1. The number of anilines is 3. The van der Waals surface area contributed by atoms with Gasteiger partial charge in [0.2, 0.25) is 5.91 Å². The van der Waals surface area contributed by atoms with Gasteiger partial charge in [0.1, 0.15) is 12.4 Å². The maximum atomic E-state index is 12.9. The number of carbonyl (C=O) groups is 1. The highest BCUT2D eigenvalue weighted by atomic mass is 16.2. The van der Waals surface area contributed by atoms with Crippen molar-refractivity contribution < 1.29 is 4.79 Å². The molecule has 4 aromatic rings. The van der Waals surface area contributed by atoms with Crippen molar-refractivity contribution in [3.63, 3.8) is 0 Å². The van der Waals surface area contributed by atoms with Gasteiger partial charge in [-0.25, -0.2) is 4.79 Å². The third-order valence-corrected chi connectivity index (χ3v) is 5.14. The van der Waals surface area contributed by atoms with Crippen molar-refractivity contribution in [2.45, 2.75) is 6.54 Å². The first-order chi connectivity index (χ1) is 14.6. The summed E-state index contributed by atoms with van der Waals surface area (Å²) in [6, 6.07) is 26.6. The fraction of sp³-hybridized carbons (Fsp3) is 0.125. The van der Waals surface area contributed by atoms with Gasteiger partial charge < -0.3 is 9.80 Å². The summed E-state index contributed by atoms with van der Waals surface area (Å²) < 4.78 is 1.43. The molecule has 1 aromatic heterocycles. The lowest BCUT2D eigenvalue weighted by Gasteiger charge is -2.22. The summed E-state index contributed by atoms with van der Waals surface area (Å²) in [5.41, 5.74) is 1.91. The van der Waals surface area contributed by atoms with E-state index in [1.807, 2.05) is 96.9 Å². The van der Waals surface area contributed by atoms with Crippen LogP contribution in [0.5, 0.6) is 0 Å². The first-order valence-electron chi connectivity index (χ1n) is 9.66. The standard InChI is InChI=1S/C24H22N4O2/c1-26(18-11-5-3-6-12-18)22(29)17-28-21-16-10-9-15-20(21)23(25-24(28)30)27(2)19-13-7-4-8-14-19/h3-16H,17H2,1-2H3. The molecule has 30 heavy (non-hydrogen) atoms. The summed E-state index contributed by atoms with van der Waals surface area (Å²) in [5, 5.41) is 0.804. The van der Waals surface area contributed by atoms with Crippen LogP contribution in [0.1, 0.15) is 0 Å². The van der Waals surface area contributed by atoms with Crippen LogP contribution in [0.25, 0.3) is 10.9 Å². The zero-order valence-electron chi connectivity index (χ0n) is 16.9. The minimum atomic E-state index is -0.457. The molecule has 0 spiro atoms. The molecule has 0 saturated heterocycles. The van der Waals surface area contributed by atoms with E-state index in [0.29, 0.717) is 11.3 Å². The summed E-state index contributed by atoms with van der Waals surface area (Å²) in [7, 11) is 3.58. The largest absolute Gasteiger partial charge is 0.350 e. The SMILES string of the molecule is CN(C(=O)Cn1c(=O)nc(N(C)c2ccccc2)c2ccccc21)c1ccccc1. The van der Waals surface area contributed by atoms with Crippen molar-refractivity contribution >= 4 is 34.0 Å². The average molecular weight is 398 g/mol. The van der Waals surface area contributed by atoms with Gasteiger partial charge in [-0.1, -0.05) is 48.5 Å². The predicted octanol–water partition coefficient (Wildman–Crippen LogP) is 3.83. The molecule has 0 unspecified atom stereocenters. The van der Waals surface area contributed by atoms with Crippen molar-refractivity contribution in [3.05, 3.63) is 95.4 Å². The molecular weight excluding hydrogens is 376 g/mol. The van der Waals surface area contributed by atoms with Crippen LogP contribution in [0, 0.1) is 0 Å². The van der Waals surface area contributed by atoms with Crippen LogP contribution in [-0.2, 0) is 11.3 Å². The van der Waals surface area contributed by atoms with Gasteiger partial charge in [0.25, 0.3) is 0 Å². The van der Waals surface area contributed by atoms with Crippen LogP contribution < -0.4 is 15.5 Å². The van der Waals surface area contributed by atoms with Crippen LogP contribution in [0.4, 0.5) is 17.2 Å². The molecule has 0 N–H and O–H groups in total. The highest BCUT2D eigenvalue weighted by molar-refractivity contribution is 5.95. The summed E-state index contributed by atoms with van der Waals surface area (Å²) in [4.78, 5) is 33.6. The van der Waals surface area contributed by atoms with E-state index in [0.717, 1.165) is 16.8 Å². The highest BCUT2D eigenvalue weighted by Gasteiger charge is 2.18. The molecule has 0 atom stereocenters. The Hall–Kier alpha value is -3.93. The summed E-state index contributed by atoms with van der Waals surface area (Å²) in [6.45, 7) is -0.0902. The molecule has 6 heteroatoms. The minimum absolute atomic E-state index is 0.0902. The molecule has 3 aromatic carbocycles. The van der Waals surface area contributed by atoms with Gasteiger partial charge >= 0.3 is 5.69 Å². The number of aromatic nitrogens is 2. The Labute approximate surface area is 174 Å². The Balaban J connectivity index is 1.75. The molecule has 0 saturated carbocycles. The molecule has 4 rings (SSSR count). The molecule has 0 aliphatic carbocycles. The zero-order valence-corrected chi connectivity index (χ0v) is 16.9. The summed E-state index contributed by atoms with van der Waals surface area (Å²) >= 11 is 0. The summed E-state index contributed by atoms with van der Waals surface area (Å²) in [5.74, 6) is 0.362. The van der Waals surface area contributed by atoms with Gasteiger partial charge in [0, 0.05) is 30.9 Å². The summed E-state index contributed by atoms with van der Waals surface area (Å²) in [6.07, 6.45) is 0. The molecule has 0 aliphatic heterocycles. The Morgan fingerprint density at radius 1 is 0.833 bits per heavy atom. The second-order valence-electron chi connectivity index (χ2n) is 7.00. The van der Waals surface area contributed by atoms with Crippen LogP contribution in [0.3, 0.4) is 0 Å². The van der Waals surface area contributed by atoms with Crippen molar-refractivity contribution in [1.82, 2.24) is 9.55 Å². The molecular formula is C24H22N4O2. The third-order valence-electron chi connectivity index (χ3n) is 5.14. The van der Waals surface area contributed by atoms with Crippen LogP contribution >= 0.6 is 0 Å². The number of likely N-dealkylation sites (N-methyl/N-ethyl adjacent to an activating group) is 1. The molecule has 150 valence electrons. The maximum absolute atomic E-state index is 12.9. The number of para-hydroxylation sites is 3. The topological polar surface area (TPSA) is 58.4 Å². The van der Waals surface area contributed by atoms with Gasteiger partial charge in [0.05, 0.1) is 5.52 Å². The second-order valence-corrected chi connectivity index (χ2v) is 7.00. The third kappa shape index (κ3) is 3.67. The van der Waals surface area contributed by atoms with E-state index in [9.17, 15) is 9.59 Å². The fourth-order valence-corrected chi connectivity index (χ4v) is 3.43. The van der Waals surface area contributed by atoms with E-state index in [-0.39, 0.29) is 12.5 Å². The smallest absolute Gasteiger partial charge is 0.329 e. The predicted molar refractivity (Wildman–Crippen MR) is 120 cm³/mol. The Kier molecular flexibility index (Phi) is 5.30. The Bertz CT molecular complexity index is 1240. The number of hydrogen-bond donors (Lipinski definition) is 0. The van der Waals surface area contributed by atoms with E-state index in [2.05, 4.69) is 4.98 Å². The average Bonchev–Trinajstić information content (AvgIpc) is 2.80. The monoisotopic (exact) mass is 398 g/mol. The van der Waals surface area contributed by atoms with Crippen LogP contribution in [-0.4, -0.2) is 29.6 Å². The van der Waals surface area contributed by atoms with E-state index in [4.69, 9.17) is 0 Å². The number of fused-ring (bicyclic) bond motifs is 1. The fourth-order valence-electron chi connectivity index (χ4n) is 3.43. The molecule has 0 aliphatic rings. The lowest BCUT2D eigenvalue weighted by Crippen LogP contribution is -2.35. The van der Waals surface area contributed by atoms with Crippen molar-refractivity contribution in [2.75, 3.05) is 23.9 Å². The molecule has 0 fully saturated rings. The van der Waals surface area contributed by atoms with Crippen LogP contribution in [0.2, 0.25) is 0 Å². The van der Waals surface area contributed by atoms with Gasteiger partial charge in [-0.15, -0.1) is 0 Å². The number of rotatable bonds is 5. The van der Waals surface area contributed by atoms with E-state index >= 15 is 0 Å². The second kappa shape index (κ2) is 8.21. The lowest BCUT2D eigenvalue weighted by atomic mass is 10.2. The van der Waals surface area contributed by atoms with E-state index in [1.54, 1.807) is 11.9 Å². The number of amides is 1. The van der Waals surface area contributed by atoms with Gasteiger partial charge in [0.15, 0.2) is 0 Å². The molecule has 1 heterocycles. The number of hydrogen-bond acceptors (Lipinski definition) is 4. The molecule has 1 amide bonds. The molecule has 0 bridgehead atoms. The van der Waals surface area contributed by atoms with Crippen molar-refractivity contribution in [2.24, 2.45) is 0 Å². The number of nitrogens with zero attached hydrogens (tertiary/aromatic N) is 4. The molecule has 0 radical (unpaired) electrons. The van der Waals surface area contributed by atoms with Crippen LogP contribution in [0.15, 0.2) is 89.7 Å². The quantitative estimate of drug-likeness (QED) is 0.513. The van der Waals surface area contributed by atoms with Crippen molar-refractivity contribution in [1.29, 1.82) is 0 Å². The Morgan fingerprint density at radius 2 is 1.40 bits per heavy atom. The maximum Gasteiger partial charge on any atom is 0.350 e. The van der Waals surface area contributed by atoms with E-state index in [1.165, 1.54) is 4.57 Å². The molecule has 6 nitrogen and oxygen atoms in total. The van der Waals surface area contributed by atoms with Gasteiger partial charge in [-0.05, 0) is 36.4 Å².